The molecule has 0 bridgehead atoms. The van der Waals surface area contributed by atoms with Gasteiger partial charge in [0, 0.05) is 10.8 Å². The van der Waals surface area contributed by atoms with E-state index in [0.29, 0.717) is 18.4 Å². The van der Waals surface area contributed by atoms with Crippen molar-refractivity contribution in [2.24, 2.45) is 5.92 Å². The number of hydrogen-bond donors (Lipinski definition) is 1. The molecule has 1 N–H and O–H groups in total. The molecule has 1 saturated heterocycles. The molecule has 1 aliphatic carbocycles. The van der Waals surface area contributed by atoms with Crippen LogP contribution >= 0.6 is 0 Å². The van der Waals surface area contributed by atoms with E-state index in [1.54, 1.807) is 18.2 Å². The summed E-state index contributed by atoms with van der Waals surface area (Å²) in [6.07, 6.45) is -0.992. The van der Waals surface area contributed by atoms with Gasteiger partial charge in [0.1, 0.15) is 6.04 Å². The fourth-order valence-corrected chi connectivity index (χ4v) is 3.89. The van der Waals surface area contributed by atoms with Crippen molar-refractivity contribution in [1.29, 1.82) is 0 Å². The second-order valence-corrected chi connectivity index (χ2v) is 6.82. The number of nitrogens with zero attached hydrogens (tertiary/aromatic N) is 2. The molecular weight excluding hydrogens is 351 g/mol. The van der Waals surface area contributed by atoms with E-state index >= 15 is 0 Å². The number of alkyl halides is 3. The van der Waals surface area contributed by atoms with Crippen molar-refractivity contribution in [2.45, 2.75) is 56.4 Å². The third-order valence-electron chi connectivity index (χ3n) is 5.15. The van der Waals surface area contributed by atoms with Crippen LogP contribution in [0.3, 0.4) is 0 Å². The molecule has 1 aromatic carbocycles. The first kappa shape index (κ1) is 18.6. The molecule has 3 rings (SSSR count). The highest BCUT2D eigenvalue weighted by Gasteiger charge is 2.62. The van der Waals surface area contributed by atoms with Gasteiger partial charge in [0.15, 0.2) is 6.04 Å². The summed E-state index contributed by atoms with van der Waals surface area (Å²) >= 11 is 0. The number of nitro groups is 1. The molecule has 1 heterocycles. The molecule has 9 heteroatoms. The van der Waals surface area contributed by atoms with E-state index in [1.165, 1.54) is 12.1 Å². The molecule has 1 aromatic rings. The van der Waals surface area contributed by atoms with Crippen molar-refractivity contribution in [1.82, 2.24) is 10.4 Å². The first-order valence-corrected chi connectivity index (χ1v) is 8.65. The van der Waals surface area contributed by atoms with E-state index in [-0.39, 0.29) is 0 Å². The average molecular weight is 371 g/mol. The van der Waals surface area contributed by atoms with Crippen LogP contribution in [-0.2, 0) is 4.79 Å². The molecule has 0 spiro atoms. The third kappa shape index (κ3) is 3.53. The number of benzene rings is 1. The van der Waals surface area contributed by atoms with Gasteiger partial charge in [0.25, 0.3) is 6.04 Å². The fourth-order valence-electron chi connectivity index (χ4n) is 3.89. The topological polar surface area (TPSA) is 75.5 Å². The van der Waals surface area contributed by atoms with Crippen LogP contribution in [0.5, 0.6) is 0 Å². The Kier molecular flexibility index (Phi) is 5.17. The first-order chi connectivity index (χ1) is 12.3. The maximum absolute atomic E-state index is 13.4. The van der Waals surface area contributed by atoms with Crippen molar-refractivity contribution in [3.05, 3.63) is 46.0 Å². The van der Waals surface area contributed by atoms with E-state index < -0.39 is 41.1 Å². The van der Waals surface area contributed by atoms with Gasteiger partial charge >= 0.3 is 6.18 Å². The normalized spacial score (nSPS) is 27.5. The Hall–Kier alpha value is -2.16. The van der Waals surface area contributed by atoms with Crippen LogP contribution in [0.1, 0.15) is 43.7 Å². The zero-order valence-electron chi connectivity index (χ0n) is 14.0. The Morgan fingerprint density at radius 3 is 2.31 bits per heavy atom. The van der Waals surface area contributed by atoms with Crippen LogP contribution < -0.4 is 5.43 Å². The summed E-state index contributed by atoms with van der Waals surface area (Å²) in [4.78, 5) is 23.5. The maximum atomic E-state index is 13.4. The van der Waals surface area contributed by atoms with Gasteiger partial charge in [0.2, 0.25) is 5.91 Å². The standard InChI is InChI=1S/C17H20F3N3O3/c18-17(19,20)15-14(23(25)26)13(11-7-3-1-4-8-11)22(21-15)16(24)12-9-5-2-6-10-12/h1,3-4,7-8,12-15,21H,2,5-6,9-10H2/t13-,14+,15+/m0/s1. The predicted octanol–water partition coefficient (Wildman–Crippen LogP) is 3.23. The lowest BCUT2D eigenvalue weighted by molar-refractivity contribution is -0.534. The van der Waals surface area contributed by atoms with Crippen molar-refractivity contribution in [3.63, 3.8) is 0 Å². The van der Waals surface area contributed by atoms with Gasteiger partial charge in [-0.1, -0.05) is 49.6 Å². The lowest BCUT2D eigenvalue weighted by atomic mass is 9.87. The largest absolute Gasteiger partial charge is 0.412 e. The Bertz CT molecular complexity index is 662. The number of amides is 1. The molecular formula is C17H20F3N3O3. The second-order valence-electron chi connectivity index (χ2n) is 6.82. The minimum atomic E-state index is -4.84. The summed E-state index contributed by atoms with van der Waals surface area (Å²) in [6, 6.07) is 2.19. The molecule has 2 aliphatic rings. The van der Waals surface area contributed by atoms with Crippen molar-refractivity contribution in [2.75, 3.05) is 0 Å². The van der Waals surface area contributed by atoms with Gasteiger partial charge in [0.05, 0.1) is 0 Å². The van der Waals surface area contributed by atoms with Crippen LogP contribution in [-0.4, -0.2) is 34.1 Å². The SMILES string of the molecule is O=C(C1CCCCC1)N1N[C@@H](C(F)(F)F)[C@H]([N+](=O)[O-])[C@@H]1c1ccccc1. The molecule has 1 aliphatic heterocycles. The Morgan fingerprint density at radius 1 is 1.15 bits per heavy atom. The number of rotatable bonds is 3. The third-order valence-corrected chi connectivity index (χ3v) is 5.15. The molecule has 6 nitrogen and oxygen atoms in total. The molecule has 3 atom stereocenters. The minimum Gasteiger partial charge on any atom is -0.273 e. The highest BCUT2D eigenvalue weighted by atomic mass is 19.4. The van der Waals surface area contributed by atoms with Crippen LogP contribution in [0.25, 0.3) is 0 Å². The highest BCUT2D eigenvalue weighted by molar-refractivity contribution is 5.79. The number of carbonyl (C=O) groups excluding carboxylic acids is 1. The van der Waals surface area contributed by atoms with Gasteiger partial charge < -0.3 is 0 Å². The molecule has 1 saturated carbocycles. The zero-order chi connectivity index (χ0) is 18.9. The lowest BCUT2D eigenvalue weighted by Crippen LogP contribution is -2.50. The number of hydrazine groups is 1. The highest BCUT2D eigenvalue weighted by Crippen LogP contribution is 2.40. The van der Waals surface area contributed by atoms with Crippen LogP contribution in [0.15, 0.2) is 30.3 Å². The number of halogens is 3. The quantitative estimate of drug-likeness (QED) is 0.654. The summed E-state index contributed by atoms with van der Waals surface area (Å²) in [7, 11) is 0. The summed E-state index contributed by atoms with van der Waals surface area (Å²) in [5.41, 5.74) is 2.44. The van der Waals surface area contributed by atoms with Crippen molar-refractivity contribution < 1.29 is 22.9 Å². The molecule has 142 valence electrons. The summed E-state index contributed by atoms with van der Waals surface area (Å²) in [5, 5.41) is 12.4. The summed E-state index contributed by atoms with van der Waals surface area (Å²) in [5.74, 6) is -0.890. The van der Waals surface area contributed by atoms with Crippen LogP contribution in [0.4, 0.5) is 13.2 Å². The van der Waals surface area contributed by atoms with Gasteiger partial charge in [-0.15, -0.1) is 0 Å². The maximum Gasteiger partial charge on any atom is 0.412 e. The fraction of sp³-hybridized carbons (Fsp3) is 0.588. The average Bonchev–Trinajstić information content (AvgIpc) is 3.04. The Balaban J connectivity index is 1.99. The Morgan fingerprint density at radius 2 is 1.77 bits per heavy atom. The first-order valence-electron chi connectivity index (χ1n) is 8.65. The van der Waals surface area contributed by atoms with Crippen LogP contribution in [0.2, 0.25) is 0 Å². The molecule has 2 fully saturated rings. The zero-order valence-corrected chi connectivity index (χ0v) is 14.0. The van der Waals surface area contributed by atoms with E-state index in [4.69, 9.17) is 0 Å². The smallest absolute Gasteiger partial charge is 0.273 e. The van der Waals surface area contributed by atoms with E-state index in [2.05, 4.69) is 5.43 Å². The molecule has 0 unspecified atom stereocenters. The molecule has 1 amide bonds. The van der Waals surface area contributed by atoms with Crippen molar-refractivity contribution >= 4 is 5.91 Å². The monoisotopic (exact) mass is 371 g/mol. The number of hydrogen-bond acceptors (Lipinski definition) is 4. The van der Waals surface area contributed by atoms with Gasteiger partial charge in [-0.3, -0.25) is 19.9 Å². The van der Waals surface area contributed by atoms with Gasteiger partial charge in [-0.2, -0.15) is 13.2 Å². The number of carbonyl (C=O) groups is 1. The molecule has 26 heavy (non-hydrogen) atoms. The lowest BCUT2D eigenvalue weighted by Gasteiger charge is -2.30. The number of nitrogens with one attached hydrogen (secondary N) is 1. The van der Waals surface area contributed by atoms with Gasteiger partial charge in [-0.25, -0.2) is 5.43 Å². The van der Waals surface area contributed by atoms with Crippen LogP contribution in [0, 0.1) is 16.0 Å². The van der Waals surface area contributed by atoms with E-state index in [9.17, 15) is 28.1 Å². The molecule has 0 radical (unpaired) electrons. The van der Waals surface area contributed by atoms with Crippen molar-refractivity contribution in [3.8, 4) is 0 Å². The van der Waals surface area contributed by atoms with E-state index in [0.717, 1.165) is 24.3 Å². The summed E-state index contributed by atoms with van der Waals surface area (Å²) in [6.45, 7) is 0. The predicted molar refractivity (Wildman–Crippen MR) is 86.4 cm³/mol. The van der Waals surface area contributed by atoms with Gasteiger partial charge in [-0.05, 0) is 18.4 Å². The Labute approximate surface area is 148 Å². The van der Waals surface area contributed by atoms with E-state index in [1.807, 2.05) is 0 Å². The minimum absolute atomic E-state index is 0.317. The molecule has 0 aromatic heterocycles. The summed E-state index contributed by atoms with van der Waals surface area (Å²) < 4.78 is 40.3. The second kappa shape index (κ2) is 7.22.